The van der Waals surface area contributed by atoms with Crippen molar-refractivity contribution in [1.82, 2.24) is 0 Å². The third-order valence-corrected chi connectivity index (χ3v) is 9.97. The van der Waals surface area contributed by atoms with Crippen molar-refractivity contribution in [1.29, 1.82) is 0 Å². The van der Waals surface area contributed by atoms with Gasteiger partial charge in [0.25, 0.3) is 0 Å². The van der Waals surface area contributed by atoms with Crippen LogP contribution in [0.5, 0.6) is 0 Å². The second-order valence-electron chi connectivity index (χ2n) is 6.41. The van der Waals surface area contributed by atoms with Gasteiger partial charge in [-0.3, -0.25) is 0 Å². The average molecular weight is 318 g/mol. The van der Waals surface area contributed by atoms with E-state index in [9.17, 15) is 5.11 Å². The van der Waals surface area contributed by atoms with Gasteiger partial charge in [-0.05, 0) is 29.4 Å². The van der Waals surface area contributed by atoms with Gasteiger partial charge in [-0.1, -0.05) is 91.0 Å². The van der Waals surface area contributed by atoms with Gasteiger partial charge in [0.1, 0.15) is 0 Å². The molecule has 0 amide bonds. The molecule has 3 aromatic carbocycles. The molecule has 3 aromatic rings. The number of rotatable bonds is 4. The lowest BCUT2D eigenvalue weighted by molar-refractivity contribution is 0.161. The van der Waals surface area contributed by atoms with Crippen molar-refractivity contribution in [3.05, 3.63) is 91.0 Å². The van der Waals surface area contributed by atoms with E-state index in [4.69, 9.17) is 0 Å². The predicted octanol–water partition coefficient (Wildman–Crippen LogP) is 2.47. The fourth-order valence-corrected chi connectivity index (χ4v) is 8.82. The maximum Gasteiger partial charge on any atom is 0.181 e. The molecule has 2 heteroatoms. The summed E-state index contributed by atoms with van der Waals surface area (Å²) in [6.45, 7) is 3.90. The zero-order chi connectivity index (χ0) is 16.3. The summed E-state index contributed by atoms with van der Waals surface area (Å²) in [6.07, 6.45) is 0. The van der Waals surface area contributed by atoms with Crippen molar-refractivity contribution in [3.63, 3.8) is 0 Å². The van der Waals surface area contributed by atoms with E-state index in [2.05, 4.69) is 72.8 Å². The second-order valence-corrected chi connectivity index (χ2v) is 10.9. The SMILES string of the molecule is CC(C)(O)[Si](c1ccccc1)(c1ccccc1)c1ccccc1. The molecule has 0 radical (unpaired) electrons. The van der Waals surface area contributed by atoms with Crippen LogP contribution in [0.2, 0.25) is 0 Å². The number of hydrogen-bond donors (Lipinski definition) is 1. The van der Waals surface area contributed by atoms with Crippen LogP contribution in [-0.2, 0) is 0 Å². The highest BCUT2D eigenvalue weighted by Gasteiger charge is 2.50. The molecule has 1 N–H and O–H groups in total. The lowest BCUT2D eigenvalue weighted by atomic mass is 10.3. The standard InChI is InChI=1S/C21H22OSi/c1-21(2,22)23(18-12-6-3-7-13-18,19-14-8-4-9-15-19)20-16-10-5-11-17-20/h3-17,22H,1-2H3. The van der Waals surface area contributed by atoms with Gasteiger partial charge >= 0.3 is 0 Å². The van der Waals surface area contributed by atoms with Crippen LogP contribution in [0, 0.1) is 0 Å². The van der Waals surface area contributed by atoms with Crippen molar-refractivity contribution in [2.75, 3.05) is 0 Å². The van der Waals surface area contributed by atoms with Crippen LogP contribution in [0.15, 0.2) is 91.0 Å². The molecular formula is C21H22OSi. The maximum absolute atomic E-state index is 11.3. The third-order valence-electron chi connectivity index (χ3n) is 4.54. The highest BCUT2D eigenvalue weighted by Crippen LogP contribution is 2.21. The topological polar surface area (TPSA) is 20.2 Å². The molecule has 116 valence electrons. The minimum absolute atomic E-state index is 0.836. The number of aliphatic hydroxyl groups is 1. The van der Waals surface area contributed by atoms with E-state index in [1.807, 2.05) is 32.0 Å². The molecule has 0 heterocycles. The van der Waals surface area contributed by atoms with Crippen molar-refractivity contribution in [2.45, 2.75) is 19.1 Å². The minimum atomic E-state index is -2.57. The molecule has 0 saturated heterocycles. The lowest BCUT2D eigenvalue weighted by Gasteiger charge is -2.43. The molecule has 0 aromatic heterocycles. The average Bonchev–Trinajstić information content (AvgIpc) is 2.57. The van der Waals surface area contributed by atoms with Crippen LogP contribution in [0.25, 0.3) is 0 Å². The molecule has 0 saturated carbocycles. The summed E-state index contributed by atoms with van der Waals surface area (Å²) in [5.74, 6) is 0. The zero-order valence-corrected chi connectivity index (χ0v) is 14.6. The Kier molecular flexibility index (Phi) is 4.20. The molecule has 0 unspecified atom stereocenters. The van der Waals surface area contributed by atoms with Crippen LogP contribution in [0.1, 0.15) is 13.8 Å². The quantitative estimate of drug-likeness (QED) is 0.579. The van der Waals surface area contributed by atoms with E-state index >= 15 is 0 Å². The van der Waals surface area contributed by atoms with Gasteiger partial charge in [0.2, 0.25) is 0 Å². The fourth-order valence-electron chi connectivity index (χ4n) is 3.62. The summed E-state index contributed by atoms with van der Waals surface area (Å²) in [6, 6.07) is 31.4. The van der Waals surface area contributed by atoms with Gasteiger partial charge < -0.3 is 5.11 Å². The Labute approximate surface area is 139 Å². The Morgan fingerprint density at radius 1 is 0.565 bits per heavy atom. The molecule has 0 atom stereocenters. The monoisotopic (exact) mass is 318 g/mol. The van der Waals surface area contributed by atoms with Gasteiger partial charge in [0.15, 0.2) is 8.07 Å². The molecule has 1 nitrogen and oxygen atoms in total. The molecule has 23 heavy (non-hydrogen) atoms. The molecule has 0 spiro atoms. The van der Waals surface area contributed by atoms with Crippen LogP contribution >= 0.6 is 0 Å². The molecule has 0 aliphatic rings. The molecule has 0 bridgehead atoms. The van der Waals surface area contributed by atoms with Gasteiger partial charge in [0, 0.05) is 0 Å². The van der Waals surface area contributed by atoms with Crippen LogP contribution in [0.3, 0.4) is 0 Å². The summed E-state index contributed by atoms with van der Waals surface area (Å²) in [4.78, 5) is 0. The molecular weight excluding hydrogens is 296 g/mol. The first-order valence-electron chi connectivity index (χ1n) is 7.96. The Balaban J connectivity index is 2.41. The molecule has 3 rings (SSSR count). The Morgan fingerprint density at radius 3 is 1.04 bits per heavy atom. The van der Waals surface area contributed by atoms with Gasteiger partial charge in [-0.15, -0.1) is 0 Å². The summed E-state index contributed by atoms with van der Waals surface area (Å²) in [5.41, 5.74) is 0. The third kappa shape index (κ3) is 2.65. The molecule has 0 fully saturated rings. The molecule has 0 aliphatic heterocycles. The second kappa shape index (κ2) is 6.15. The van der Waals surface area contributed by atoms with E-state index in [0.717, 1.165) is 0 Å². The number of hydrogen-bond acceptors (Lipinski definition) is 1. The largest absolute Gasteiger partial charge is 0.393 e. The van der Waals surface area contributed by atoms with E-state index in [-0.39, 0.29) is 0 Å². The van der Waals surface area contributed by atoms with E-state index in [0.29, 0.717) is 0 Å². The van der Waals surface area contributed by atoms with Gasteiger partial charge in [0.05, 0.1) is 5.22 Å². The predicted molar refractivity (Wildman–Crippen MR) is 100 cm³/mol. The van der Waals surface area contributed by atoms with Crippen LogP contribution < -0.4 is 15.6 Å². The summed E-state index contributed by atoms with van der Waals surface area (Å²) in [7, 11) is -2.57. The highest BCUT2D eigenvalue weighted by molar-refractivity contribution is 7.13. The van der Waals surface area contributed by atoms with Crippen molar-refractivity contribution in [2.24, 2.45) is 0 Å². The van der Waals surface area contributed by atoms with E-state index in [1.165, 1.54) is 15.6 Å². The first-order valence-corrected chi connectivity index (χ1v) is 9.96. The normalized spacial score (nSPS) is 12.1. The van der Waals surface area contributed by atoms with E-state index in [1.54, 1.807) is 0 Å². The first kappa shape index (κ1) is 15.7. The van der Waals surface area contributed by atoms with Gasteiger partial charge in [-0.25, -0.2) is 0 Å². The fraction of sp³-hybridized carbons (Fsp3) is 0.143. The molecule has 0 aliphatic carbocycles. The number of benzene rings is 3. The lowest BCUT2D eigenvalue weighted by Crippen LogP contribution is -2.78. The smallest absolute Gasteiger partial charge is 0.181 e. The van der Waals surface area contributed by atoms with Crippen LogP contribution in [0.4, 0.5) is 0 Å². The highest BCUT2D eigenvalue weighted by atomic mass is 28.3. The minimum Gasteiger partial charge on any atom is -0.393 e. The van der Waals surface area contributed by atoms with E-state index < -0.39 is 13.3 Å². The summed E-state index contributed by atoms with van der Waals surface area (Å²) >= 11 is 0. The summed E-state index contributed by atoms with van der Waals surface area (Å²) < 4.78 is 0. The van der Waals surface area contributed by atoms with Crippen LogP contribution in [-0.4, -0.2) is 18.4 Å². The summed E-state index contributed by atoms with van der Waals surface area (Å²) in [5, 5.41) is 14.2. The first-order chi connectivity index (χ1) is 11.1. The Morgan fingerprint density at radius 2 is 0.826 bits per heavy atom. The van der Waals surface area contributed by atoms with Gasteiger partial charge in [-0.2, -0.15) is 0 Å². The van der Waals surface area contributed by atoms with Crippen molar-refractivity contribution < 1.29 is 5.11 Å². The maximum atomic E-state index is 11.3. The Hall–Kier alpha value is -2.16. The Bertz CT molecular complexity index is 649. The van der Waals surface area contributed by atoms with Crippen molar-refractivity contribution in [3.8, 4) is 0 Å². The zero-order valence-electron chi connectivity index (χ0n) is 13.6. The van der Waals surface area contributed by atoms with Crippen molar-refractivity contribution >= 4 is 23.6 Å².